The van der Waals surface area contributed by atoms with Crippen molar-refractivity contribution in [3.05, 3.63) is 29.6 Å². The molecule has 1 heterocycles. The second-order valence-electron chi connectivity index (χ2n) is 5.84. The van der Waals surface area contributed by atoms with Gasteiger partial charge in [-0.3, -0.25) is 0 Å². The van der Waals surface area contributed by atoms with E-state index in [1.165, 1.54) is 31.7 Å². The molecule has 0 saturated heterocycles. The highest BCUT2D eigenvalue weighted by molar-refractivity contribution is 5.37. The van der Waals surface area contributed by atoms with Gasteiger partial charge in [-0.1, -0.05) is 12.8 Å². The lowest BCUT2D eigenvalue weighted by Gasteiger charge is -2.27. The summed E-state index contributed by atoms with van der Waals surface area (Å²) in [5.74, 6) is 0.675. The molecule has 1 atom stereocenters. The van der Waals surface area contributed by atoms with Gasteiger partial charge in [-0.05, 0) is 38.0 Å². The highest BCUT2D eigenvalue weighted by Gasteiger charge is 2.30. The quantitative estimate of drug-likeness (QED) is 0.889. The number of nitrogens with one attached hydrogen (secondary N) is 1. The van der Waals surface area contributed by atoms with Gasteiger partial charge >= 0.3 is 0 Å². The van der Waals surface area contributed by atoms with Crippen LogP contribution in [0.5, 0.6) is 5.75 Å². The maximum atomic E-state index is 13.1. The third-order valence-corrected chi connectivity index (χ3v) is 4.23. The molecule has 0 bridgehead atoms. The predicted octanol–water partition coefficient (Wildman–Crippen LogP) is 3.05. The van der Waals surface area contributed by atoms with Crippen LogP contribution in [0.1, 0.15) is 38.2 Å². The summed E-state index contributed by atoms with van der Waals surface area (Å²) in [7, 11) is 0. The van der Waals surface area contributed by atoms with Crippen LogP contribution in [-0.2, 0) is 6.42 Å². The molecule has 1 aromatic carbocycles. The molecule has 1 saturated carbocycles. The first-order valence-electron chi connectivity index (χ1n) is 6.85. The van der Waals surface area contributed by atoms with Gasteiger partial charge in [0.2, 0.25) is 0 Å². The van der Waals surface area contributed by atoms with Crippen molar-refractivity contribution < 1.29 is 9.13 Å². The van der Waals surface area contributed by atoms with Crippen molar-refractivity contribution in [2.45, 2.75) is 50.7 Å². The molecule has 1 aliphatic carbocycles. The number of benzene rings is 1. The van der Waals surface area contributed by atoms with Crippen molar-refractivity contribution in [2.24, 2.45) is 0 Å². The van der Waals surface area contributed by atoms with Gasteiger partial charge in [0, 0.05) is 24.1 Å². The van der Waals surface area contributed by atoms with Crippen LogP contribution in [0.15, 0.2) is 18.2 Å². The van der Waals surface area contributed by atoms with Gasteiger partial charge in [0.1, 0.15) is 17.7 Å². The lowest BCUT2D eigenvalue weighted by molar-refractivity contribution is 0.205. The largest absolute Gasteiger partial charge is 0.488 e. The third-order valence-electron chi connectivity index (χ3n) is 4.23. The smallest absolute Gasteiger partial charge is 0.123 e. The lowest BCUT2D eigenvalue weighted by Crippen LogP contribution is -2.44. The summed E-state index contributed by atoms with van der Waals surface area (Å²) in [6, 6.07) is 4.79. The van der Waals surface area contributed by atoms with Crippen LogP contribution >= 0.6 is 0 Å². The summed E-state index contributed by atoms with van der Waals surface area (Å²) < 4.78 is 18.9. The normalized spacial score (nSPS) is 24.9. The van der Waals surface area contributed by atoms with Crippen molar-refractivity contribution in [3.8, 4) is 5.75 Å². The number of hydrogen-bond donors (Lipinski definition) is 1. The molecule has 0 amide bonds. The SMILES string of the molecule is CC1(NCC2Cc3cc(F)ccc3O2)CCCC1. The summed E-state index contributed by atoms with van der Waals surface area (Å²) in [6.45, 7) is 3.15. The molecular weight excluding hydrogens is 229 g/mol. The molecule has 2 nitrogen and oxygen atoms in total. The fourth-order valence-corrected chi connectivity index (χ4v) is 3.10. The average Bonchev–Trinajstić information content (AvgIpc) is 2.93. The topological polar surface area (TPSA) is 21.3 Å². The summed E-state index contributed by atoms with van der Waals surface area (Å²) in [5, 5.41) is 3.63. The Labute approximate surface area is 108 Å². The molecule has 3 rings (SSSR count). The Morgan fingerprint density at radius 3 is 2.94 bits per heavy atom. The summed E-state index contributed by atoms with van der Waals surface area (Å²) in [5.41, 5.74) is 1.28. The van der Waals surface area contributed by atoms with Gasteiger partial charge in [-0.15, -0.1) is 0 Å². The number of hydrogen-bond acceptors (Lipinski definition) is 2. The Hall–Kier alpha value is -1.09. The van der Waals surface area contributed by atoms with E-state index in [0.29, 0.717) is 0 Å². The minimum atomic E-state index is -0.172. The summed E-state index contributed by atoms with van der Waals surface area (Å²) in [6.07, 6.45) is 6.11. The molecule has 1 aromatic rings. The van der Waals surface area contributed by atoms with Crippen LogP contribution in [0, 0.1) is 5.82 Å². The fourth-order valence-electron chi connectivity index (χ4n) is 3.10. The van der Waals surface area contributed by atoms with E-state index in [1.807, 2.05) is 0 Å². The second-order valence-corrected chi connectivity index (χ2v) is 5.84. The van der Waals surface area contributed by atoms with E-state index >= 15 is 0 Å². The molecule has 2 aliphatic rings. The van der Waals surface area contributed by atoms with Gasteiger partial charge in [0.05, 0.1) is 0 Å². The van der Waals surface area contributed by atoms with E-state index in [4.69, 9.17) is 4.74 Å². The molecule has 0 radical (unpaired) electrons. The zero-order chi connectivity index (χ0) is 12.6. The van der Waals surface area contributed by atoms with Crippen LogP contribution in [0.4, 0.5) is 4.39 Å². The molecule has 0 spiro atoms. The fraction of sp³-hybridized carbons (Fsp3) is 0.600. The van der Waals surface area contributed by atoms with Crippen molar-refractivity contribution >= 4 is 0 Å². The van der Waals surface area contributed by atoms with Crippen molar-refractivity contribution in [2.75, 3.05) is 6.54 Å². The minimum Gasteiger partial charge on any atom is -0.488 e. The summed E-state index contributed by atoms with van der Waals surface area (Å²) in [4.78, 5) is 0. The van der Waals surface area contributed by atoms with E-state index in [1.54, 1.807) is 12.1 Å². The Morgan fingerprint density at radius 2 is 2.17 bits per heavy atom. The van der Waals surface area contributed by atoms with Gasteiger partial charge in [-0.25, -0.2) is 4.39 Å². The first-order valence-corrected chi connectivity index (χ1v) is 6.85. The molecule has 1 N–H and O–H groups in total. The standard InChI is InChI=1S/C15H20FNO/c1-15(6-2-3-7-15)17-10-13-9-11-8-12(16)4-5-14(11)18-13/h4-5,8,13,17H,2-3,6-7,9-10H2,1H3. The van der Waals surface area contributed by atoms with Crippen molar-refractivity contribution in [1.82, 2.24) is 5.32 Å². The molecular formula is C15H20FNO. The van der Waals surface area contributed by atoms with E-state index in [0.717, 1.165) is 24.3 Å². The molecule has 18 heavy (non-hydrogen) atoms. The van der Waals surface area contributed by atoms with Crippen LogP contribution in [0.2, 0.25) is 0 Å². The first kappa shape index (κ1) is 12.0. The van der Waals surface area contributed by atoms with Crippen molar-refractivity contribution in [3.63, 3.8) is 0 Å². The lowest BCUT2D eigenvalue weighted by atomic mass is 10.00. The molecule has 3 heteroatoms. The van der Waals surface area contributed by atoms with Gasteiger partial charge in [-0.2, -0.15) is 0 Å². The molecule has 1 aliphatic heterocycles. The highest BCUT2D eigenvalue weighted by Crippen LogP contribution is 2.31. The molecule has 1 fully saturated rings. The minimum absolute atomic E-state index is 0.152. The maximum Gasteiger partial charge on any atom is 0.123 e. The van der Waals surface area contributed by atoms with Gasteiger partial charge in [0.15, 0.2) is 0 Å². The Kier molecular flexibility index (Phi) is 3.02. The van der Waals surface area contributed by atoms with Crippen LogP contribution < -0.4 is 10.1 Å². The monoisotopic (exact) mass is 249 g/mol. The van der Waals surface area contributed by atoms with Crippen LogP contribution in [0.3, 0.4) is 0 Å². The Bertz CT molecular complexity index is 440. The summed E-state index contributed by atoms with van der Waals surface area (Å²) >= 11 is 0. The highest BCUT2D eigenvalue weighted by atomic mass is 19.1. The van der Waals surface area contributed by atoms with Crippen LogP contribution in [-0.4, -0.2) is 18.2 Å². The molecule has 98 valence electrons. The third kappa shape index (κ3) is 2.37. The number of halogens is 1. The van der Waals surface area contributed by atoms with E-state index in [9.17, 15) is 4.39 Å². The average molecular weight is 249 g/mol. The second kappa shape index (κ2) is 4.54. The maximum absolute atomic E-state index is 13.1. The Balaban J connectivity index is 1.58. The zero-order valence-corrected chi connectivity index (χ0v) is 10.8. The van der Waals surface area contributed by atoms with E-state index in [2.05, 4.69) is 12.2 Å². The number of rotatable bonds is 3. The number of fused-ring (bicyclic) bond motifs is 1. The van der Waals surface area contributed by atoms with Crippen LogP contribution in [0.25, 0.3) is 0 Å². The van der Waals surface area contributed by atoms with E-state index < -0.39 is 0 Å². The predicted molar refractivity (Wildman–Crippen MR) is 69.4 cm³/mol. The zero-order valence-electron chi connectivity index (χ0n) is 10.8. The molecule has 1 unspecified atom stereocenters. The first-order chi connectivity index (χ1) is 8.65. The number of ether oxygens (including phenoxy) is 1. The van der Waals surface area contributed by atoms with Gasteiger partial charge < -0.3 is 10.1 Å². The molecule has 0 aromatic heterocycles. The van der Waals surface area contributed by atoms with E-state index in [-0.39, 0.29) is 17.5 Å². The Morgan fingerprint density at radius 1 is 1.39 bits per heavy atom. The van der Waals surface area contributed by atoms with Crippen molar-refractivity contribution in [1.29, 1.82) is 0 Å². The van der Waals surface area contributed by atoms with Gasteiger partial charge in [0.25, 0.3) is 0 Å².